The maximum atomic E-state index is 13.0. The second-order valence-electron chi connectivity index (χ2n) is 4.78. The van der Waals surface area contributed by atoms with Crippen LogP contribution in [0.25, 0.3) is 0 Å². The number of aromatic nitrogens is 2. The maximum absolute atomic E-state index is 13.0. The fraction of sp³-hybridized carbons (Fsp3) is 0.267. The third kappa shape index (κ3) is 3.50. The molecule has 0 spiro atoms. The number of carbonyl (C=O) groups excluding carboxylic acids is 1. The number of hydrogen-bond acceptors (Lipinski definition) is 4. The van der Waals surface area contributed by atoms with E-state index in [-0.39, 0.29) is 29.2 Å². The van der Waals surface area contributed by atoms with E-state index >= 15 is 0 Å². The zero-order chi connectivity index (χ0) is 17.9. The van der Waals surface area contributed by atoms with Gasteiger partial charge in [0.1, 0.15) is 11.3 Å². The Morgan fingerprint density at radius 2 is 2.08 bits per heavy atom. The average Bonchev–Trinajstić information content (AvgIpc) is 2.91. The van der Waals surface area contributed by atoms with Crippen LogP contribution in [0.5, 0.6) is 5.75 Å². The van der Waals surface area contributed by atoms with Gasteiger partial charge >= 0.3 is 5.97 Å². The average molecular weight is 339 g/mol. The Bertz CT molecular complexity index is 774. The van der Waals surface area contributed by atoms with Crippen LogP contribution < -0.4 is 10.1 Å². The summed E-state index contributed by atoms with van der Waals surface area (Å²) in [5.41, 5.74) is -1.02. The standard InChI is InChI=1S/C15H15F2N3O4/c1-3-24-12-8(15(22)23)5-4-6-10(12)18-14(21)9-7-20(2)19-11(9)13(16)17/h4-7,13H,3H2,1-2H3,(H,18,21)(H,22,23). The second kappa shape index (κ2) is 7.07. The van der Waals surface area contributed by atoms with Crippen LogP contribution in [0.15, 0.2) is 24.4 Å². The summed E-state index contributed by atoms with van der Waals surface area (Å²) in [6.45, 7) is 1.82. The van der Waals surface area contributed by atoms with Crippen LogP contribution in [0.4, 0.5) is 14.5 Å². The number of nitrogens with zero attached hydrogens (tertiary/aromatic N) is 2. The van der Waals surface area contributed by atoms with E-state index in [4.69, 9.17) is 4.74 Å². The van der Waals surface area contributed by atoms with Gasteiger partial charge in [-0.2, -0.15) is 5.10 Å². The molecule has 9 heteroatoms. The van der Waals surface area contributed by atoms with E-state index in [0.717, 1.165) is 10.9 Å². The van der Waals surface area contributed by atoms with Crippen molar-refractivity contribution in [2.24, 2.45) is 7.05 Å². The van der Waals surface area contributed by atoms with Crippen molar-refractivity contribution < 1.29 is 28.2 Å². The number of halogens is 2. The number of aromatic carboxylic acids is 1. The third-order valence-corrected chi connectivity index (χ3v) is 3.09. The van der Waals surface area contributed by atoms with Crippen LogP contribution in [0.3, 0.4) is 0 Å². The van der Waals surface area contributed by atoms with E-state index < -0.39 is 24.0 Å². The quantitative estimate of drug-likeness (QED) is 0.844. The normalized spacial score (nSPS) is 10.7. The van der Waals surface area contributed by atoms with Gasteiger partial charge in [0.05, 0.1) is 17.9 Å². The summed E-state index contributed by atoms with van der Waals surface area (Å²) in [6.07, 6.45) is -1.75. The fourth-order valence-corrected chi connectivity index (χ4v) is 2.14. The van der Waals surface area contributed by atoms with Gasteiger partial charge in [-0.25, -0.2) is 13.6 Å². The summed E-state index contributed by atoms with van der Waals surface area (Å²) in [4.78, 5) is 23.5. The first-order valence-corrected chi connectivity index (χ1v) is 6.97. The molecule has 2 N–H and O–H groups in total. The smallest absolute Gasteiger partial charge is 0.339 e. The van der Waals surface area contributed by atoms with Crippen molar-refractivity contribution in [3.8, 4) is 5.75 Å². The Labute approximate surface area is 135 Å². The van der Waals surface area contributed by atoms with Crippen LogP contribution in [0, 0.1) is 0 Å². The molecule has 0 saturated carbocycles. The molecular formula is C15H15F2N3O4. The minimum absolute atomic E-state index is 0.0386. The second-order valence-corrected chi connectivity index (χ2v) is 4.78. The Morgan fingerprint density at radius 1 is 1.38 bits per heavy atom. The molecule has 0 atom stereocenters. The summed E-state index contributed by atoms with van der Waals surface area (Å²) >= 11 is 0. The highest BCUT2D eigenvalue weighted by Gasteiger charge is 2.24. The zero-order valence-corrected chi connectivity index (χ0v) is 12.9. The molecule has 1 heterocycles. The first kappa shape index (κ1) is 17.4. The molecule has 1 aromatic carbocycles. The lowest BCUT2D eigenvalue weighted by Gasteiger charge is -2.13. The van der Waals surface area contributed by atoms with E-state index in [2.05, 4.69) is 10.4 Å². The molecule has 7 nitrogen and oxygen atoms in total. The van der Waals surface area contributed by atoms with Gasteiger partial charge in [-0.3, -0.25) is 9.48 Å². The van der Waals surface area contributed by atoms with Crippen molar-refractivity contribution in [1.29, 1.82) is 0 Å². The van der Waals surface area contributed by atoms with Crippen molar-refractivity contribution in [3.05, 3.63) is 41.2 Å². The van der Waals surface area contributed by atoms with Gasteiger partial charge in [0, 0.05) is 13.2 Å². The number of amides is 1. The Hall–Kier alpha value is -2.97. The molecule has 0 bridgehead atoms. The van der Waals surface area contributed by atoms with Crippen LogP contribution in [-0.2, 0) is 7.05 Å². The number of hydrogen-bond donors (Lipinski definition) is 2. The van der Waals surface area contributed by atoms with Gasteiger partial charge < -0.3 is 15.2 Å². The van der Waals surface area contributed by atoms with Crippen LogP contribution in [0.2, 0.25) is 0 Å². The predicted molar refractivity (Wildman–Crippen MR) is 80.7 cm³/mol. The Balaban J connectivity index is 2.39. The number of rotatable bonds is 6. The van der Waals surface area contributed by atoms with Crippen LogP contribution >= 0.6 is 0 Å². The first-order chi connectivity index (χ1) is 11.3. The molecule has 1 amide bonds. The van der Waals surface area contributed by atoms with Gasteiger partial charge in [-0.1, -0.05) is 6.07 Å². The summed E-state index contributed by atoms with van der Waals surface area (Å²) < 4.78 is 32.3. The van der Waals surface area contributed by atoms with E-state index in [1.807, 2.05) is 0 Å². The predicted octanol–water partition coefficient (Wildman–Crippen LogP) is 2.71. The number of aryl methyl sites for hydroxylation is 1. The van der Waals surface area contributed by atoms with Gasteiger partial charge in [0.25, 0.3) is 12.3 Å². The third-order valence-electron chi connectivity index (χ3n) is 3.09. The molecule has 0 saturated heterocycles. The van der Waals surface area contributed by atoms with Gasteiger partial charge in [-0.05, 0) is 19.1 Å². The Kier molecular flexibility index (Phi) is 5.12. The van der Waals surface area contributed by atoms with Crippen LogP contribution in [0.1, 0.15) is 39.8 Å². The molecule has 0 aliphatic heterocycles. The highest BCUT2D eigenvalue weighted by molar-refractivity contribution is 6.07. The van der Waals surface area contributed by atoms with Crippen molar-refractivity contribution in [2.75, 3.05) is 11.9 Å². The lowest BCUT2D eigenvalue weighted by molar-refractivity contribution is 0.0692. The van der Waals surface area contributed by atoms with Crippen molar-refractivity contribution in [3.63, 3.8) is 0 Å². The minimum atomic E-state index is -2.91. The molecular weight excluding hydrogens is 324 g/mol. The van der Waals surface area contributed by atoms with E-state index in [1.54, 1.807) is 6.92 Å². The molecule has 1 aromatic heterocycles. The molecule has 128 valence electrons. The number of carboxylic acid groups (broad SMARTS) is 1. The van der Waals surface area contributed by atoms with Crippen molar-refractivity contribution in [1.82, 2.24) is 9.78 Å². The number of carbonyl (C=O) groups is 2. The highest BCUT2D eigenvalue weighted by atomic mass is 19.3. The van der Waals surface area contributed by atoms with E-state index in [1.165, 1.54) is 25.2 Å². The topological polar surface area (TPSA) is 93.5 Å². The highest BCUT2D eigenvalue weighted by Crippen LogP contribution is 2.30. The Morgan fingerprint density at radius 3 is 2.67 bits per heavy atom. The number of ether oxygens (including phenoxy) is 1. The number of benzene rings is 1. The van der Waals surface area contributed by atoms with E-state index in [0.29, 0.717) is 0 Å². The summed E-state index contributed by atoms with van der Waals surface area (Å²) in [6, 6.07) is 4.16. The molecule has 2 rings (SSSR count). The molecule has 0 fully saturated rings. The lowest BCUT2D eigenvalue weighted by Crippen LogP contribution is -2.15. The maximum Gasteiger partial charge on any atom is 0.339 e. The lowest BCUT2D eigenvalue weighted by atomic mass is 10.1. The monoisotopic (exact) mass is 339 g/mol. The first-order valence-electron chi connectivity index (χ1n) is 6.97. The largest absolute Gasteiger partial charge is 0.491 e. The molecule has 0 aliphatic carbocycles. The van der Waals surface area contributed by atoms with Gasteiger partial charge in [0.15, 0.2) is 5.75 Å². The molecule has 0 radical (unpaired) electrons. The number of nitrogens with one attached hydrogen (secondary N) is 1. The summed E-state index contributed by atoms with van der Waals surface area (Å²) in [7, 11) is 1.42. The molecule has 24 heavy (non-hydrogen) atoms. The van der Waals surface area contributed by atoms with E-state index in [9.17, 15) is 23.5 Å². The summed E-state index contributed by atoms with van der Waals surface area (Å²) in [5, 5.41) is 15.1. The van der Waals surface area contributed by atoms with Gasteiger partial charge in [0.2, 0.25) is 0 Å². The molecule has 0 unspecified atom stereocenters. The van der Waals surface area contributed by atoms with Crippen LogP contribution in [-0.4, -0.2) is 33.4 Å². The SMILES string of the molecule is CCOc1c(NC(=O)c2cn(C)nc2C(F)F)cccc1C(=O)O. The number of anilines is 1. The van der Waals surface area contributed by atoms with Crippen molar-refractivity contribution in [2.45, 2.75) is 13.3 Å². The number of para-hydroxylation sites is 1. The number of carboxylic acids is 1. The minimum Gasteiger partial charge on any atom is -0.491 e. The molecule has 0 aliphatic rings. The molecule has 2 aromatic rings. The zero-order valence-electron chi connectivity index (χ0n) is 12.9. The van der Waals surface area contributed by atoms with Crippen molar-refractivity contribution >= 4 is 17.6 Å². The number of alkyl halides is 2. The summed E-state index contributed by atoms with van der Waals surface area (Å²) in [5.74, 6) is -2.10. The fourth-order valence-electron chi connectivity index (χ4n) is 2.14. The van der Waals surface area contributed by atoms with Gasteiger partial charge in [-0.15, -0.1) is 0 Å².